The third-order valence-electron chi connectivity index (χ3n) is 5.08. The number of β-amino-alcohol motifs (C(OH)–C–C–N with tert-alkyl or cyclic N) is 1. The number of nitrogens with zero attached hydrogens (tertiary/aromatic N) is 4. The SMILES string of the molecule is Cn1cc(CN2CCC(N3CCC[C@@H](O)C3)CC2)cc1C#N. The maximum Gasteiger partial charge on any atom is 0.120 e. The van der Waals surface area contributed by atoms with Crippen LogP contribution >= 0.6 is 0 Å². The van der Waals surface area contributed by atoms with Crippen LogP contribution in [-0.2, 0) is 13.6 Å². The average molecular weight is 302 g/mol. The van der Waals surface area contributed by atoms with Crippen LogP contribution in [0.2, 0.25) is 0 Å². The van der Waals surface area contributed by atoms with Crippen molar-refractivity contribution in [3.05, 3.63) is 23.5 Å². The molecule has 0 aromatic carbocycles. The second-order valence-electron chi connectivity index (χ2n) is 6.75. The Morgan fingerprint density at radius 3 is 2.68 bits per heavy atom. The third kappa shape index (κ3) is 3.52. The normalized spacial score (nSPS) is 25.2. The van der Waals surface area contributed by atoms with Gasteiger partial charge in [-0.05, 0) is 56.9 Å². The fourth-order valence-corrected chi connectivity index (χ4v) is 3.85. The Hall–Kier alpha value is -1.35. The van der Waals surface area contributed by atoms with E-state index in [2.05, 4.69) is 22.1 Å². The first-order valence-corrected chi connectivity index (χ1v) is 8.35. The number of piperidine rings is 2. The molecule has 0 amide bonds. The Kier molecular flexibility index (Phi) is 4.82. The van der Waals surface area contributed by atoms with E-state index in [0.29, 0.717) is 6.04 Å². The molecule has 0 bridgehead atoms. The minimum absolute atomic E-state index is 0.125. The van der Waals surface area contributed by atoms with Gasteiger partial charge >= 0.3 is 0 Å². The van der Waals surface area contributed by atoms with E-state index in [1.54, 1.807) is 0 Å². The maximum atomic E-state index is 9.83. The molecule has 5 nitrogen and oxygen atoms in total. The lowest BCUT2D eigenvalue weighted by molar-refractivity contribution is 0.0243. The predicted molar refractivity (Wildman–Crippen MR) is 85.2 cm³/mol. The molecule has 22 heavy (non-hydrogen) atoms. The van der Waals surface area contributed by atoms with Crippen LogP contribution in [0, 0.1) is 11.3 Å². The molecule has 2 aliphatic rings. The molecule has 1 aromatic rings. The summed E-state index contributed by atoms with van der Waals surface area (Å²) in [6.45, 7) is 5.15. The molecule has 1 atom stereocenters. The van der Waals surface area contributed by atoms with Crippen molar-refractivity contribution >= 4 is 0 Å². The van der Waals surface area contributed by atoms with Crippen LogP contribution in [0.1, 0.15) is 36.9 Å². The number of hydrogen-bond donors (Lipinski definition) is 1. The molecule has 3 heterocycles. The van der Waals surface area contributed by atoms with Crippen molar-refractivity contribution in [1.29, 1.82) is 5.26 Å². The Labute approximate surface area is 132 Å². The van der Waals surface area contributed by atoms with Crippen LogP contribution < -0.4 is 0 Å². The number of aliphatic hydroxyl groups is 1. The van der Waals surface area contributed by atoms with Gasteiger partial charge in [-0.1, -0.05) is 0 Å². The molecule has 3 rings (SSSR count). The molecule has 0 saturated carbocycles. The molecular formula is C17H26N4O. The molecular weight excluding hydrogens is 276 g/mol. The van der Waals surface area contributed by atoms with Crippen molar-refractivity contribution < 1.29 is 5.11 Å². The molecule has 1 aromatic heterocycles. The van der Waals surface area contributed by atoms with E-state index < -0.39 is 0 Å². The summed E-state index contributed by atoms with van der Waals surface area (Å²) < 4.78 is 1.90. The monoisotopic (exact) mass is 302 g/mol. The molecule has 0 unspecified atom stereocenters. The number of aryl methyl sites for hydroxylation is 1. The van der Waals surface area contributed by atoms with Gasteiger partial charge in [0.05, 0.1) is 6.10 Å². The zero-order valence-corrected chi connectivity index (χ0v) is 13.4. The van der Waals surface area contributed by atoms with E-state index >= 15 is 0 Å². The standard InChI is InChI=1S/C17H26N4O/c1-19-11-14(9-16(19)10-18)12-20-7-4-15(5-8-20)21-6-2-3-17(22)13-21/h9,11,15,17,22H,2-8,12-13H2,1H3/t17-/m1/s1. The van der Waals surface area contributed by atoms with E-state index in [1.807, 2.05) is 17.7 Å². The lowest BCUT2D eigenvalue weighted by Gasteiger charge is -2.41. The zero-order chi connectivity index (χ0) is 15.5. The summed E-state index contributed by atoms with van der Waals surface area (Å²) in [5.74, 6) is 0. The molecule has 0 aliphatic carbocycles. The fourth-order valence-electron chi connectivity index (χ4n) is 3.85. The van der Waals surface area contributed by atoms with Gasteiger partial charge in [-0.15, -0.1) is 0 Å². The Balaban J connectivity index is 1.50. The first-order valence-electron chi connectivity index (χ1n) is 8.35. The van der Waals surface area contributed by atoms with Gasteiger partial charge in [0.1, 0.15) is 11.8 Å². The first-order chi connectivity index (χ1) is 10.7. The van der Waals surface area contributed by atoms with Gasteiger partial charge in [-0.2, -0.15) is 5.26 Å². The van der Waals surface area contributed by atoms with Crippen LogP contribution in [0.4, 0.5) is 0 Å². The van der Waals surface area contributed by atoms with Crippen molar-refractivity contribution in [3.63, 3.8) is 0 Å². The average Bonchev–Trinajstić information content (AvgIpc) is 2.88. The molecule has 2 saturated heterocycles. The van der Waals surface area contributed by atoms with E-state index in [9.17, 15) is 5.11 Å². The van der Waals surface area contributed by atoms with Crippen LogP contribution in [-0.4, -0.2) is 57.8 Å². The summed E-state index contributed by atoms with van der Waals surface area (Å²) in [5.41, 5.74) is 1.96. The molecule has 5 heteroatoms. The van der Waals surface area contributed by atoms with E-state index in [0.717, 1.165) is 51.3 Å². The molecule has 120 valence electrons. The van der Waals surface area contributed by atoms with Gasteiger partial charge in [-0.3, -0.25) is 9.80 Å². The predicted octanol–water partition coefficient (Wildman–Crippen LogP) is 1.32. The molecule has 0 spiro atoms. The van der Waals surface area contributed by atoms with Gasteiger partial charge < -0.3 is 9.67 Å². The lowest BCUT2D eigenvalue weighted by Crippen LogP contribution is -2.49. The fraction of sp³-hybridized carbons (Fsp3) is 0.706. The molecule has 2 aliphatic heterocycles. The van der Waals surface area contributed by atoms with E-state index in [-0.39, 0.29) is 6.10 Å². The number of aromatic nitrogens is 1. The highest BCUT2D eigenvalue weighted by atomic mass is 16.3. The Morgan fingerprint density at radius 1 is 1.27 bits per heavy atom. The second-order valence-corrected chi connectivity index (χ2v) is 6.75. The number of likely N-dealkylation sites (tertiary alicyclic amines) is 2. The summed E-state index contributed by atoms with van der Waals surface area (Å²) in [6.07, 6.45) is 6.40. The first kappa shape index (κ1) is 15.5. The quantitative estimate of drug-likeness (QED) is 0.915. The van der Waals surface area contributed by atoms with Gasteiger partial charge in [0.15, 0.2) is 0 Å². The highest BCUT2D eigenvalue weighted by molar-refractivity contribution is 5.28. The van der Waals surface area contributed by atoms with Crippen molar-refractivity contribution in [2.24, 2.45) is 7.05 Å². The second kappa shape index (κ2) is 6.82. The van der Waals surface area contributed by atoms with Crippen LogP contribution in [0.15, 0.2) is 12.3 Å². The zero-order valence-electron chi connectivity index (χ0n) is 13.4. The Bertz CT molecular complexity index is 539. The van der Waals surface area contributed by atoms with Gasteiger partial charge in [0.2, 0.25) is 0 Å². The lowest BCUT2D eigenvalue weighted by atomic mass is 9.99. The van der Waals surface area contributed by atoms with Crippen LogP contribution in [0.25, 0.3) is 0 Å². The molecule has 2 fully saturated rings. The smallest absolute Gasteiger partial charge is 0.120 e. The van der Waals surface area contributed by atoms with E-state index in [1.165, 1.54) is 18.4 Å². The highest BCUT2D eigenvalue weighted by Crippen LogP contribution is 2.22. The Morgan fingerprint density at radius 2 is 2.05 bits per heavy atom. The summed E-state index contributed by atoms with van der Waals surface area (Å²) in [7, 11) is 1.93. The van der Waals surface area contributed by atoms with Gasteiger partial charge in [0.25, 0.3) is 0 Å². The maximum absolute atomic E-state index is 9.83. The summed E-state index contributed by atoms with van der Waals surface area (Å²) in [6, 6.07) is 4.85. The largest absolute Gasteiger partial charge is 0.392 e. The summed E-state index contributed by atoms with van der Waals surface area (Å²) >= 11 is 0. The minimum Gasteiger partial charge on any atom is -0.392 e. The highest BCUT2D eigenvalue weighted by Gasteiger charge is 2.28. The topological polar surface area (TPSA) is 55.4 Å². The van der Waals surface area contributed by atoms with Crippen LogP contribution in [0.5, 0.6) is 0 Å². The third-order valence-corrected chi connectivity index (χ3v) is 5.08. The minimum atomic E-state index is -0.125. The van der Waals surface area contributed by atoms with Crippen molar-refractivity contribution in [3.8, 4) is 6.07 Å². The molecule has 1 N–H and O–H groups in total. The van der Waals surface area contributed by atoms with E-state index in [4.69, 9.17) is 5.26 Å². The molecule has 0 radical (unpaired) electrons. The van der Waals surface area contributed by atoms with Crippen molar-refractivity contribution in [2.45, 2.75) is 44.4 Å². The number of nitriles is 1. The van der Waals surface area contributed by atoms with Crippen molar-refractivity contribution in [2.75, 3.05) is 26.2 Å². The summed E-state index contributed by atoms with van der Waals surface area (Å²) in [4.78, 5) is 4.97. The number of aliphatic hydroxyl groups excluding tert-OH is 1. The van der Waals surface area contributed by atoms with Crippen LogP contribution in [0.3, 0.4) is 0 Å². The summed E-state index contributed by atoms with van der Waals surface area (Å²) in [5, 5.41) is 18.9. The van der Waals surface area contributed by atoms with Gasteiger partial charge in [-0.25, -0.2) is 0 Å². The van der Waals surface area contributed by atoms with Crippen molar-refractivity contribution in [1.82, 2.24) is 14.4 Å². The van der Waals surface area contributed by atoms with Gasteiger partial charge in [0, 0.05) is 32.4 Å². The number of hydrogen-bond acceptors (Lipinski definition) is 4. The number of rotatable bonds is 3.